The Kier molecular flexibility index (Phi) is 5.30. The molecule has 2 aliphatic rings. The third-order valence-electron chi connectivity index (χ3n) is 5.67. The van der Waals surface area contributed by atoms with Gasteiger partial charge in [0.2, 0.25) is 0 Å². The highest BCUT2D eigenvalue weighted by Gasteiger charge is 2.26. The topological polar surface area (TPSA) is 59.6 Å². The van der Waals surface area contributed by atoms with Gasteiger partial charge in [0.25, 0.3) is 5.91 Å². The van der Waals surface area contributed by atoms with Crippen LogP contribution < -0.4 is 20.1 Å². The van der Waals surface area contributed by atoms with Crippen LogP contribution in [0.1, 0.15) is 40.2 Å². The predicted molar refractivity (Wildman–Crippen MR) is 104 cm³/mol. The summed E-state index contributed by atoms with van der Waals surface area (Å²) in [5.41, 5.74) is 3.12. The molecular formula is C22H26N2O3. The Bertz CT molecular complexity index is 804. The predicted octanol–water partition coefficient (Wildman–Crippen LogP) is 3.10. The van der Waals surface area contributed by atoms with E-state index in [-0.39, 0.29) is 5.91 Å². The highest BCUT2D eigenvalue weighted by atomic mass is 16.5. The molecule has 2 heterocycles. The van der Waals surface area contributed by atoms with Crippen LogP contribution in [0.3, 0.4) is 0 Å². The molecule has 0 bridgehead atoms. The van der Waals surface area contributed by atoms with E-state index in [9.17, 15) is 4.79 Å². The molecule has 0 radical (unpaired) electrons. The standard InChI is InChI=1S/C22H26N2O3/c1-26-18-5-2-15(3-6-18)20-9-11-23-10-8-17(20)14-27-19-7-4-16-13-24-22(25)21(16)12-19/h2-7,12,17,20,23H,8-11,13-14H2,1H3,(H,24,25)/t17-,20-/m1/s1. The van der Waals surface area contributed by atoms with Crippen LogP contribution in [-0.2, 0) is 6.54 Å². The van der Waals surface area contributed by atoms with Crippen LogP contribution in [0.25, 0.3) is 0 Å². The van der Waals surface area contributed by atoms with Gasteiger partial charge >= 0.3 is 0 Å². The summed E-state index contributed by atoms with van der Waals surface area (Å²) in [6.07, 6.45) is 2.16. The largest absolute Gasteiger partial charge is 0.497 e. The molecule has 5 heteroatoms. The molecule has 1 fully saturated rings. The van der Waals surface area contributed by atoms with Gasteiger partial charge in [-0.2, -0.15) is 0 Å². The molecule has 142 valence electrons. The number of hydrogen-bond donors (Lipinski definition) is 2. The number of ether oxygens (including phenoxy) is 2. The second kappa shape index (κ2) is 8.01. The Hall–Kier alpha value is -2.53. The Balaban J connectivity index is 1.48. The summed E-state index contributed by atoms with van der Waals surface area (Å²) in [6, 6.07) is 14.2. The molecule has 2 aromatic rings. The number of carbonyl (C=O) groups is 1. The van der Waals surface area contributed by atoms with Crippen molar-refractivity contribution in [3.63, 3.8) is 0 Å². The summed E-state index contributed by atoms with van der Waals surface area (Å²) in [4.78, 5) is 11.9. The van der Waals surface area contributed by atoms with Crippen molar-refractivity contribution in [1.82, 2.24) is 10.6 Å². The fourth-order valence-electron chi connectivity index (χ4n) is 4.08. The summed E-state index contributed by atoms with van der Waals surface area (Å²) < 4.78 is 11.4. The van der Waals surface area contributed by atoms with Gasteiger partial charge in [0, 0.05) is 18.0 Å². The van der Waals surface area contributed by atoms with Crippen LogP contribution in [0, 0.1) is 5.92 Å². The van der Waals surface area contributed by atoms with Gasteiger partial charge in [0.1, 0.15) is 11.5 Å². The number of rotatable bonds is 5. The molecule has 27 heavy (non-hydrogen) atoms. The molecule has 4 rings (SSSR count). The summed E-state index contributed by atoms with van der Waals surface area (Å²) in [5, 5.41) is 6.36. The summed E-state index contributed by atoms with van der Waals surface area (Å²) in [5.74, 6) is 2.52. The Morgan fingerprint density at radius 3 is 2.63 bits per heavy atom. The van der Waals surface area contributed by atoms with E-state index < -0.39 is 0 Å². The highest BCUT2D eigenvalue weighted by Crippen LogP contribution is 2.33. The molecule has 0 unspecified atom stereocenters. The van der Waals surface area contributed by atoms with Gasteiger partial charge in [-0.3, -0.25) is 4.79 Å². The lowest BCUT2D eigenvalue weighted by molar-refractivity contribution is 0.0965. The zero-order valence-corrected chi connectivity index (χ0v) is 15.7. The number of hydrogen-bond acceptors (Lipinski definition) is 4. The third-order valence-corrected chi connectivity index (χ3v) is 5.67. The Morgan fingerprint density at radius 2 is 1.81 bits per heavy atom. The number of carbonyl (C=O) groups excluding carboxylic acids is 1. The first-order chi connectivity index (χ1) is 13.2. The summed E-state index contributed by atoms with van der Waals surface area (Å²) >= 11 is 0. The second-order valence-electron chi connectivity index (χ2n) is 7.28. The number of benzene rings is 2. The fourth-order valence-corrected chi connectivity index (χ4v) is 4.08. The Morgan fingerprint density at radius 1 is 1.04 bits per heavy atom. The zero-order chi connectivity index (χ0) is 18.6. The molecule has 0 saturated carbocycles. The van der Waals surface area contributed by atoms with E-state index >= 15 is 0 Å². The lowest BCUT2D eigenvalue weighted by atomic mass is 9.83. The quantitative estimate of drug-likeness (QED) is 0.854. The smallest absolute Gasteiger partial charge is 0.252 e. The lowest BCUT2D eigenvalue weighted by Gasteiger charge is -2.25. The first kappa shape index (κ1) is 17.9. The van der Waals surface area contributed by atoms with Crippen molar-refractivity contribution in [3.8, 4) is 11.5 Å². The van der Waals surface area contributed by atoms with Crippen LogP contribution in [-0.4, -0.2) is 32.7 Å². The van der Waals surface area contributed by atoms with Crippen LogP contribution in [0.5, 0.6) is 11.5 Å². The van der Waals surface area contributed by atoms with E-state index in [2.05, 4.69) is 22.8 Å². The van der Waals surface area contributed by atoms with Gasteiger partial charge in [-0.05, 0) is 67.2 Å². The maximum atomic E-state index is 11.9. The average molecular weight is 366 g/mol. The van der Waals surface area contributed by atoms with Crippen LogP contribution >= 0.6 is 0 Å². The molecule has 0 spiro atoms. The summed E-state index contributed by atoms with van der Waals surface area (Å²) in [6.45, 7) is 3.29. The zero-order valence-electron chi connectivity index (χ0n) is 15.7. The molecule has 2 aromatic carbocycles. The van der Waals surface area contributed by atoms with Crippen molar-refractivity contribution in [1.29, 1.82) is 0 Å². The maximum absolute atomic E-state index is 11.9. The highest BCUT2D eigenvalue weighted by molar-refractivity contribution is 5.98. The minimum absolute atomic E-state index is 0.00905. The van der Waals surface area contributed by atoms with E-state index in [1.807, 2.05) is 30.3 Å². The van der Waals surface area contributed by atoms with E-state index in [1.54, 1.807) is 7.11 Å². The van der Waals surface area contributed by atoms with Crippen LogP contribution in [0.2, 0.25) is 0 Å². The van der Waals surface area contributed by atoms with Crippen LogP contribution in [0.4, 0.5) is 0 Å². The first-order valence-corrected chi connectivity index (χ1v) is 9.63. The van der Waals surface area contributed by atoms with E-state index in [1.165, 1.54) is 5.56 Å². The first-order valence-electron chi connectivity index (χ1n) is 9.63. The van der Waals surface area contributed by atoms with Crippen molar-refractivity contribution in [2.75, 3.05) is 26.8 Å². The van der Waals surface area contributed by atoms with Gasteiger partial charge in [-0.15, -0.1) is 0 Å². The fraction of sp³-hybridized carbons (Fsp3) is 0.409. The molecule has 1 saturated heterocycles. The van der Waals surface area contributed by atoms with Gasteiger partial charge in [0.05, 0.1) is 13.7 Å². The SMILES string of the molecule is COc1ccc([C@H]2CCNCC[C@@H]2COc2ccc3c(c2)C(=O)NC3)cc1. The Labute approximate surface area is 160 Å². The van der Waals surface area contributed by atoms with Gasteiger partial charge < -0.3 is 20.1 Å². The number of amides is 1. The minimum Gasteiger partial charge on any atom is -0.497 e. The monoisotopic (exact) mass is 366 g/mol. The second-order valence-corrected chi connectivity index (χ2v) is 7.28. The number of nitrogens with one attached hydrogen (secondary N) is 2. The van der Waals surface area contributed by atoms with E-state index in [4.69, 9.17) is 9.47 Å². The van der Waals surface area contributed by atoms with Gasteiger partial charge in [-0.25, -0.2) is 0 Å². The molecule has 2 atom stereocenters. The van der Waals surface area contributed by atoms with Gasteiger partial charge in [-0.1, -0.05) is 18.2 Å². The normalized spacial score (nSPS) is 21.9. The number of methoxy groups -OCH3 is 1. The number of fused-ring (bicyclic) bond motifs is 1. The van der Waals surface area contributed by atoms with Crippen molar-refractivity contribution >= 4 is 5.91 Å². The molecule has 2 aliphatic heterocycles. The summed E-state index contributed by atoms with van der Waals surface area (Å²) in [7, 11) is 1.69. The molecule has 0 aromatic heterocycles. The lowest BCUT2D eigenvalue weighted by Crippen LogP contribution is -2.21. The molecule has 1 amide bonds. The van der Waals surface area contributed by atoms with E-state index in [0.29, 0.717) is 25.0 Å². The van der Waals surface area contributed by atoms with Crippen LogP contribution in [0.15, 0.2) is 42.5 Å². The third kappa shape index (κ3) is 3.93. The van der Waals surface area contributed by atoms with Crippen molar-refractivity contribution in [2.45, 2.75) is 25.3 Å². The van der Waals surface area contributed by atoms with Crippen molar-refractivity contribution in [2.24, 2.45) is 5.92 Å². The van der Waals surface area contributed by atoms with Gasteiger partial charge in [0.15, 0.2) is 0 Å². The van der Waals surface area contributed by atoms with Crippen molar-refractivity contribution in [3.05, 3.63) is 59.2 Å². The van der Waals surface area contributed by atoms with E-state index in [0.717, 1.165) is 48.6 Å². The molecule has 2 N–H and O–H groups in total. The average Bonchev–Trinajstić information content (AvgIpc) is 2.92. The molecular weight excluding hydrogens is 340 g/mol. The minimum atomic E-state index is -0.00905. The maximum Gasteiger partial charge on any atom is 0.252 e. The molecule has 5 nitrogen and oxygen atoms in total. The van der Waals surface area contributed by atoms with Crippen molar-refractivity contribution < 1.29 is 14.3 Å². The molecule has 0 aliphatic carbocycles.